The van der Waals surface area contributed by atoms with Gasteiger partial charge in [0.15, 0.2) is 0 Å². The number of carbonyl (C=O) groups is 1. The maximum absolute atomic E-state index is 12.4. The van der Waals surface area contributed by atoms with Crippen molar-refractivity contribution in [2.45, 2.75) is 32.1 Å². The first kappa shape index (κ1) is 14.1. The fraction of sp³-hybridized carbons (Fsp3) is 0.688. The first-order valence-corrected chi connectivity index (χ1v) is 8.77. The largest absolute Gasteiger partial charge is 0.342 e. The molecule has 110 valence electrons. The predicted molar refractivity (Wildman–Crippen MR) is 83.0 cm³/mol. The third-order valence-electron chi connectivity index (χ3n) is 4.52. The molecule has 20 heavy (non-hydrogen) atoms. The van der Waals surface area contributed by atoms with Crippen molar-refractivity contribution in [3.8, 4) is 0 Å². The minimum atomic E-state index is 0.314. The third kappa shape index (κ3) is 3.61. The van der Waals surface area contributed by atoms with Crippen molar-refractivity contribution in [1.82, 2.24) is 9.80 Å². The van der Waals surface area contributed by atoms with E-state index in [4.69, 9.17) is 0 Å². The van der Waals surface area contributed by atoms with E-state index in [0.717, 1.165) is 13.1 Å². The molecule has 3 nitrogen and oxygen atoms in total. The van der Waals surface area contributed by atoms with Crippen molar-refractivity contribution in [2.75, 3.05) is 32.7 Å². The Balaban J connectivity index is 1.50. The third-order valence-corrected chi connectivity index (χ3v) is 5.25. The molecule has 0 N–H and O–H groups in total. The fourth-order valence-electron chi connectivity index (χ4n) is 3.45. The van der Waals surface area contributed by atoms with Gasteiger partial charge in [0, 0.05) is 19.6 Å². The van der Waals surface area contributed by atoms with Crippen molar-refractivity contribution in [1.29, 1.82) is 0 Å². The van der Waals surface area contributed by atoms with E-state index >= 15 is 0 Å². The average molecular weight is 292 g/mol. The van der Waals surface area contributed by atoms with Crippen LogP contribution >= 0.6 is 11.3 Å². The SMILES string of the molecule is O=C(Cc1ccsc1)N1CCC[C@@H](CN2CCCC2)C1. The molecule has 2 saturated heterocycles. The summed E-state index contributed by atoms with van der Waals surface area (Å²) in [6, 6.07) is 2.06. The van der Waals surface area contributed by atoms with Gasteiger partial charge in [-0.2, -0.15) is 11.3 Å². The van der Waals surface area contributed by atoms with Crippen LogP contribution in [0.4, 0.5) is 0 Å². The zero-order chi connectivity index (χ0) is 13.8. The lowest BCUT2D eigenvalue weighted by molar-refractivity contribution is -0.132. The molecule has 1 amide bonds. The maximum atomic E-state index is 12.4. The van der Waals surface area contributed by atoms with E-state index in [1.165, 1.54) is 50.9 Å². The summed E-state index contributed by atoms with van der Waals surface area (Å²) >= 11 is 1.67. The van der Waals surface area contributed by atoms with Crippen LogP contribution in [-0.4, -0.2) is 48.4 Å². The van der Waals surface area contributed by atoms with Crippen LogP contribution in [0.25, 0.3) is 0 Å². The summed E-state index contributed by atoms with van der Waals surface area (Å²) in [7, 11) is 0. The van der Waals surface area contributed by atoms with Gasteiger partial charge >= 0.3 is 0 Å². The van der Waals surface area contributed by atoms with Crippen LogP contribution in [0, 0.1) is 5.92 Å². The molecule has 3 heterocycles. The van der Waals surface area contributed by atoms with E-state index in [9.17, 15) is 4.79 Å². The minimum Gasteiger partial charge on any atom is -0.342 e. The lowest BCUT2D eigenvalue weighted by atomic mass is 9.97. The number of piperidine rings is 1. The molecule has 2 aliphatic heterocycles. The predicted octanol–water partition coefficient (Wildman–Crippen LogP) is 2.63. The number of rotatable bonds is 4. The van der Waals surface area contributed by atoms with Gasteiger partial charge in [0.25, 0.3) is 0 Å². The Hall–Kier alpha value is -0.870. The van der Waals surface area contributed by atoms with Crippen molar-refractivity contribution in [3.63, 3.8) is 0 Å². The maximum Gasteiger partial charge on any atom is 0.227 e. The van der Waals surface area contributed by atoms with Crippen LogP contribution in [0.5, 0.6) is 0 Å². The highest BCUT2D eigenvalue weighted by Crippen LogP contribution is 2.21. The lowest BCUT2D eigenvalue weighted by Crippen LogP contribution is -2.43. The standard InChI is InChI=1S/C16H24N2OS/c19-16(10-14-5-9-20-13-14)18-8-3-4-15(12-18)11-17-6-1-2-7-17/h5,9,13,15H,1-4,6-8,10-12H2/t15-/m0/s1. The average Bonchev–Trinajstić information content (AvgIpc) is 3.12. The normalized spacial score (nSPS) is 24.2. The Morgan fingerprint density at radius 3 is 2.85 bits per heavy atom. The highest BCUT2D eigenvalue weighted by Gasteiger charge is 2.26. The molecule has 1 atom stereocenters. The Kier molecular flexibility index (Phi) is 4.73. The van der Waals surface area contributed by atoms with E-state index < -0.39 is 0 Å². The molecule has 0 radical (unpaired) electrons. The van der Waals surface area contributed by atoms with E-state index in [1.54, 1.807) is 11.3 Å². The van der Waals surface area contributed by atoms with Gasteiger partial charge in [-0.25, -0.2) is 0 Å². The van der Waals surface area contributed by atoms with Gasteiger partial charge in [0.05, 0.1) is 6.42 Å². The molecule has 1 aromatic heterocycles. The van der Waals surface area contributed by atoms with Gasteiger partial charge < -0.3 is 9.80 Å². The molecule has 0 bridgehead atoms. The topological polar surface area (TPSA) is 23.6 Å². The van der Waals surface area contributed by atoms with Crippen LogP contribution in [0.1, 0.15) is 31.2 Å². The molecular formula is C16H24N2OS. The molecule has 2 aliphatic rings. The lowest BCUT2D eigenvalue weighted by Gasteiger charge is -2.34. The second kappa shape index (κ2) is 6.72. The second-order valence-corrected chi connectivity index (χ2v) is 6.94. The summed E-state index contributed by atoms with van der Waals surface area (Å²) in [5, 5.41) is 4.14. The number of nitrogens with zero attached hydrogens (tertiary/aromatic N) is 2. The van der Waals surface area contributed by atoms with Crippen LogP contribution in [0.15, 0.2) is 16.8 Å². The number of amides is 1. The van der Waals surface area contributed by atoms with Crippen LogP contribution in [0.2, 0.25) is 0 Å². The van der Waals surface area contributed by atoms with Gasteiger partial charge in [-0.3, -0.25) is 4.79 Å². The van der Waals surface area contributed by atoms with Gasteiger partial charge in [-0.1, -0.05) is 0 Å². The molecule has 3 rings (SSSR count). The molecular weight excluding hydrogens is 268 g/mol. The van der Waals surface area contributed by atoms with Crippen molar-refractivity contribution in [3.05, 3.63) is 22.4 Å². The molecule has 0 aromatic carbocycles. The smallest absolute Gasteiger partial charge is 0.227 e. The number of carbonyl (C=O) groups excluding carboxylic acids is 1. The van der Waals surface area contributed by atoms with Crippen molar-refractivity contribution >= 4 is 17.2 Å². The van der Waals surface area contributed by atoms with Gasteiger partial charge in [0.1, 0.15) is 0 Å². The monoisotopic (exact) mass is 292 g/mol. The number of hydrogen-bond donors (Lipinski definition) is 0. The zero-order valence-corrected chi connectivity index (χ0v) is 12.9. The summed E-state index contributed by atoms with van der Waals surface area (Å²) in [5.74, 6) is 1.00. The highest BCUT2D eigenvalue weighted by atomic mass is 32.1. The van der Waals surface area contributed by atoms with Gasteiger partial charge in [0.2, 0.25) is 5.91 Å². The first-order valence-electron chi connectivity index (χ1n) is 7.82. The molecule has 2 fully saturated rings. The first-order chi connectivity index (χ1) is 9.81. The quantitative estimate of drug-likeness (QED) is 0.852. The van der Waals surface area contributed by atoms with Crippen LogP contribution < -0.4 is 0 Å². The molecule has 4 heteroatoms. The summed E-state index contributed by atoms with van der Waals surface area (Å²) in [6.45, 7) is 5.65. The Morgan fingerprint density at radius 1 is 1.25 bits per heavy atom. The van der Waals surface area contributed by atoms with Gasteiger partial charge in [-0.05, 0) is 67.1 Å². The Bertz CT molecular complexity index is 426. The van der Waals surface area contributed by atoms with E-state index in [0.29, 0.717) is 18.2 Å². The fourth-order valence-corrected chi connectivity index (χ4v) is 4.12. The number of hydrogen-bond acceptors (Lipinski definition) is 3. The molecule has 0 spiro atoms. The van der Waals surface area contributed by atoms with E-state index in [1.807, 2.05) is 0 Å². The van der Waals surface area contributed by atoms with Crippen molar-refractivity contribution in [2.24, 2.45) is 5.92 Å². The highest BCUT2D eigenvalue weighted by molar-refractivity contribution is 7.07. The number of thiophene rings is 1. The molecule has 1 aromatic rings. The molecule has 0 saturated carbocycles. The van der Waals surface area contributed by atoms with Crippen molar-refractivity contribution < 1.29 is 4.79 Å². The van der Waals surface area contributed by atoms with E-state index in [-0.39, 0.29) is 0 Å². The second-order valence-electron chi connectivity index (χ2n) is 6.16. The summed E-state index contributed by atoms with van der Waals surface area (Å²) in [6.07, 6.45) is 5.76. The Labute approximate surface area is 125 Å². The Morgan fingerprint density at radius 2 is 2.10 bits per heavy atom. The van der Waals surface area contributed by atoms with Crippen LogP contribution in [-0.2, 0) is 11.2 Å². The molecule has 0 aliphatic carbocycles. The van der Waals surface area contributed by atoms with E-state index in [2.05, 4.69) is 26.6 Å². The zero-order valence-electron chi connectivity index (χ0n) is 12.1. The van der Waals surface area contributed by atoms with Crippen LogP contribution in [0.3, 0.4) is 0 Å². The number of likely N-dealkylation sites (tertiary alicyclic amines) is 2. The minimum absolute atomic E-state index is 0.314. The summed E-state index contributed by atoms with van der Waals surface area (Å²) < 4.78 is 0. The molecule has 0 unspecified atom stereocenters. The summed E-state index contributed by atoms with van der Waals surface area (Å²) in [4.78, 5) is 17.0. The summed E-state index contributed by atoms with van der Waals surface area (Å²) in [5.41, 5.74) is 1.17. The van der Waals surface area contributed by atoms with Gasteiger partial charge in [-0.15, -0.1) is 0 Å².